The summed E-state index contributed by atoms with van der Waals surface area (Å²) in [6.45, 7) is 0. The maximum absolute atomic E-state index is 11.9. The van der Waals surface area contributed by atoms with E-state index in [4.69, 9.17) is 17.3 Å². The Balaban J connectivity index is 2.67. The molecule has 1 unspecified atom stereocenters. The second kappa shape index (κ2) is 5.84. The van der Waals surface area contributed by atoms with Crippen LogP contribution in [0.5, 0.6) is 0 Å². The lowest BCUT2D eigenvalue weighted by Gasteiger charge is -2.05. The van der Waals surface area contributed by atoms with Crippen molar-refractivity contribution >= 4 is 37.9 Å². The molecule has 0 aliphatic carbocycles. The van der Waals surface area contributed by atoms with E-state index in [0.29, 0.717) is 22.0 Å². The summed E-state index contributed by atoms with van der Waals surface area (Å²) in [6.07, 6.45) is 1.50. The summed E-state index contributed by atoms with van der Waals surface area (Å²) in [5.41, 5.74) is 6.06. The van der Waals surface area contributed by atoms with Gasteiger partial charge in [0.05, 0.1) is 26.5 Å². The second-order valence-electron chi connectivity index (χ2n) is 3.72. The van der Waals surface area contributed by atoms with Crippen LogP contribution in [0.3, 0.4) is 0 Å². The number of nitrogens with two attached hydrogens (primary N) is 1. The van der Waals surface area contributed by atoms with Gasteiger partial charge in [0.25, 0.3) is 0 Å². The smallest absolute Gasteiger partial charge is 0.147 e. The van der Waals surface area contributed by atoms with Crippen molar-refractivity contribution in [3.05, 3.63) is 23.2 Å². The Morgan fingerprint density at radius 1 is 1.41 bits per heavy atom. The number of hydrogen-bond acceptors (Lipinski definition) is 4. The van der Waals surface area contributed by atoms with Crippen LogP contribution in [0, 0.1) is 0 Å². The van der Waals surface area contributed by atoms with Gasteiger partial charge in [0.15, 0.2) is 0 Å². The summed E-state index contributed by atoms with van der Waals surface area (Å²) < 4.78 is 33.7. The average Bonchev–Trinajstić information content (AvgIpc) is 2.19. The fourth-order valence-corrected chi connectivity index (χ4v) is 3.66. The van der Waals surface area contributed by atoms with Crippen molar-refractivity contribution < 1.29 is 12.6 Å². The summed E-state index contributed by atoms with van der Waals surface area (Å²) in [7, 11) is -4.33. The first-order valence-electron chi connectivity index (χ1n) is 4.91. The Morgan fingerprint density at radius 3 is 2.65 bits per heavy atom. The van der Waals surface area contributed by atoms with Gasteiger partial charge in [-0.2, -0.15) is 0 Å². The van der Waals surface area contributed by atoms with E-state index < -0.39 is 20.6 Å². The number of rotatable bonds is 5. The summed E-state index contributed by atoms with van der Waals surface area (Å²) in [6, 6.07) is 4.76. The van der Waals surface area contributed by atoms with Gasteiger partial charge in [-0.05, 0) is 24.6 Å². The number of nitrogen functional groups attached to an aromatic ring is 1. The van der Waals surface area contributed by atoms with Crippen LogP contribution in [-0.4, -0.2) is 30.4 Å². The van der Waals surface area contributed by atoms with Crippen LogP contribution < -0.4 is 5.73 Å². The summed E-state index contributed by atoms with van der Waals surface area (Å²) in [4.78, 5) is 0.458. The highest BCUT2D eigenvalue weighted by Crippen LogP contribution is 2.22. The lowest BCUT2D eigenvalue weighted by atomic mass is 10.3. The van der Waals surface area contributed by atoms with Crippen molar-refractivity contribution in [2.45, 2.75) is 11.3 Å². The SMILES string of the molecule is CS(=O)(=O)CCCS(=O)c1cc(N)ccc1Cl. The van der Waals surface area contributed by atoms with Crippen molar-refractivity contribution in [3.63, 3.8) is 0 Å². The molecule has 0 amide bonds. The first kappa shape index (κ1) is 14.5. The summed E-state index contributed by atoms with van der Waals surface area (Å²) in [5, 5.41) is 0.386. The lowest BCUT2D eigenvalue weighted by Crippen LogP contribution is -2.08. The Morgan fingerprint density at radius 2 is 2.06 bits per heavy atom. The third kappa shape index (κ3) is 5.06. The zero-order valence-electron chi connectivity index (χ0n) is 9.35. The number of halogens is 1. The molecule has 1 aromatic carbocycles. The zero-order valence-corrected chi connectivity index (χ0v) is 11.7. The maximum atomic E-state index is 11.9. The molecule has 0 aromatic heterocycles. The molecule has 17 heavy (non-hydrogen) atoms. The molecule has 0 bridgehead atoms. The fraction of sp³-hybridized carbons (Fsp3) is 0.400. The van der Waals surface area contributed by atoms with Crippen molar-refractivity contribution in [3.8, 4) is 0 Å². The van der Waals surface area contributed by atoms with E-state index in [2.05, 4.69) is 0 Å². The molecule has 1 aromatic rings. The molecular formula is C10H14ClNO3S2. The molecule has 0 aliphatic rings. The van der Waals surface area contributed by atoms with Crippen molar-refractivity contribution in [1.82, 2.24) is 0 Å². The number of anilines is 1. The Kier molecular flexibility index (Phi) is 4.97. The molecule has 0 saturated heterocycles. The summed E-state index contributed by atoms with van der Waals surface area (Å²) >= 11 is 5.89. The van der Waals surface area contributed by atoms with Gasteiger partial charge >= 0.3 is 0 Å². The Labute approximate surface area is 109 Å². The lowest BCUT2D eigenvalue weighted by molar-refractivity contribution is 0.600. The van der Waals surface area contributed by atoms with Crippen molar-refractivity contribution in [1.29, 1.82) is 0 Å². The Hall–Kier alpha value is -0.590. The first-order chi connectivity index (χ1) is 7.79. The molecule has 0 fully saturated rings. The number of benzene rings is 1. The molecule has 1 atom stereocenters. The molecular weight excluding hydrogens is 282 g/mol. The van der Waals surface area contributed by atoms with Crippen molar-refractivity contribution in [2.24, 2.45) is 0 Å². The largest absolute Gasteiger partial charge is 0.399 e. The van der Waals surface area contributed by atoms with E-state index in [1.807, 2.05) is 0 Å². The number of hydrogen-bond donors (Lipinski definition) is 1. The molecule has 4 nitrogen and oxygen atoms in total. The summed E-state index contributed by atoms with van der Waals surface area (Å²) in [5.74, 6) is 0.287. The van der Waals surface area contributed by atoms with E-state index in [-0.39, 0.29) is 11.5 Å². The van der Waals surface area contributed by atoms with Crippen molar-refractivity contribution in [2.75, 3.05) is 23.5 Å². The van der Waals surface area contributed by atoms with Gasteiger partial charge in [-0.25, -0.2) is 8.42 Å². The predicted molar refractivity (Wildman–Crippen MR) is 71.5 cm³/mol. The first-order valence-corrected chi connectivity index (χ1v) is 8.66. The topological polar surface area (TPSA) is 77.2 Å². The van der Waals surface area contributed by atoms with Gasteiger partial charge in [0, 0.05) is 17.7 Å². The van der Waals surface area contributed by atoms with E-state index in [0.717, 1.165) is 6.26 Å². The fourth-order valence-electron chi connectivity index (χ4n) is 1.26. The minimum Gasteiger partial charge on any atom is -0.399 e. The van der Waals surface area contributed by atoms with Crippen LogP contribution in [0.4, 0.5) is 5.69 Å². The molecule has 7 heteroatoms. The van der Waals surface area contributed by atoms with Crippen LogP contribution in [0.1, 0.15) is 6.42 Å². The van der Waals surface area contributed by atoms with E-state index in [1.54, 1.807) is 18.2 Å². The van der Waals surface area contributed by atoms with Crippen LogP contribution >= 0.6 is 11.6 Å². The monoisotopic (exact) mass is 295 g/mol. The molecule has 0 saturated carbocycles. The molecule has 0 aliphatic heterocycles. The molecule has 0 radical (unpaired) electrons. The van der Waals surface area contributed by atoms with Crippen LogP contribution in [0.2, 0.25) is 5.02 Å². The zero-order chi connectivity index (χ0) is 13.1. The minimum atomic E-state index is -3.01. The van der Waals surface area contributed by atoms with Crippen LogP contribution in [0.25, 0.3) is 0 Å². The maximum Gasteiger partial charge on any atom is 0.147 e. The van der Waals surface area contributed by atoms with Gasteiger partial charge in [0.1, 0.15) is 9.84 Å². The van der Waals surface area contributed by atoms with E-state index in [1.165, 1.54) is 0 Å². The normalized spacial score (nSPS) is 13.5. The highest BCUT2D eigenvalue weighted by atomic mass is 35.5. The standard InChI is InChI=1S/C10H14ClNO3S2/c1-17(14,15)6-2-5-16(13)10-7-8(12)3-4-9(10)11/h3-4,7H,2,5-6,12H2,1H3. The van der Waals surface area contributed by atoms with Crippen LogP contribution in [0.15, 0.2) is 23.1 Å². The molecule has 0 heterocycles. The highest BCUT2D eigenvalue weighted by molar-refractivity contribution is 7.90. The predicted octanol–water partition coefficient (Wildman–Crippen LogP) is 1.46. The van der Waals surface area contributed by atoms with Crippen LogP contribution in [-0.2, 0) is 20.6 Å². The molecule has 96 valence electrons. The molecule has 0 spiro atoms. The van der Waals surface area contributed by atoms with Gasteiger partial charge in [-0.15, -0.1) is 0 Å². The molecule has 2 N–H and O–H groups in total. The van der Waals surface area contributed by atoms with Gasteiger partial charge in [0.2, 0.25) is 0 Å². The van der Waals surface area contributed by atoms with Gasteiger partial charge in [-0.1, -0.05) is 11.6 Å². The Bertz CT molecular complexity index is 528. The average molecular weight is 296 g/mol. The van der Waals surface area contributed by atoms with E-state index in [9.17, 15) is 12.6 Å². The minimum absolute atomic E-state index is 0.0265. The van der Waals surface area contributed by atoms with E-state index >= 15 is 0 Å². The quantitative estimate of drug-likeness (QED) is 0.834. The number of sulfone groups is 1. The highest BCUT2D eigenvalue weighted by Gasteiger charge is 2.10. The third-order valence-corrected chi connectivity index (χ3v) is 5.01. The van der Waals surface area contributed by atoms with Gasteiger partial charge in [-0.3, -0.25) is 4.21 Å². The molecule has 1 rings (SSSR count). The third-order valence-electron chi connectivity index (χ3n) is 2.05. The van der Waals surface area contributed by atoms with Gasteiger partial charge < -0.3 is 5.73 Å². The second-order valence-corrected chi connectivity index (χ2v) is 7.93.